The Hall–Kier alpha value is -3.04. The van der Waals surface area contributed by atoms with E-state index in [4.69, 9.17) is 5.73 Å². The van der Waals surface area contributed by atoms with Crippen LogP contribution in [0.4, 0.5) is 0 Å². The van der Waals surface area contributed by atoms with Crippen molar-refractivity contribution in [3.63, 3.8) is 0 Å². The van der Waals surface area contributed by atoms with Crippen LogP contribution in [-0.2, 0) is 25.7 Å². The Bertz CT molecular complexity index is 1140. The van der Waals surface area contributed by atoms with Gasteiger partial charge in [0, 0.05) is 41.7 Å². The molecule has 4 aliphatic rings. The van der Waals surface area contributed by atoms with Crippen molar-refractivity contribution >= 4 is 35.5 Å². The summed E-state index contributed by atoms with van der Waals surface area (Å²) in [5.74, 6) is -2.15. The molecule has 0 aromatic carbocycles. The highest BCUT2D eigenvalue weighted by Crippen LogP contribution is 2.51. The van der Waals surface area contributed by atoms with Crippen LogP contribution in [0.25, 0.3) is 0 Å². The summed E-state index contributed by atoms with van der Waals surface area (Å²) in [6.07, 6.45) is 2.83. The molecule has 5 rings (SSSR count). The molecule has 15 heteroatoms. The highest BCUT2D eigenvalue weighted by atomic mass is 32.2. The lowest BCUT2D eigenvalue weighted by Gasteiger charge is -2.47. The van der Waals surface area contributed by atoms with E-state index in [0.29, 0.717) is 43.4 Å². The van der Waals surface area contributed by atoms with Crippen molar-refractivity contribution in [2.24, 2.45) is 23.5 Å². The van der Waals surface area contributed by atoms with Crippen LogP contribution >= 0.6 is 11.8 Å². The van der Waals surface area contributed by atoms with Gasteiger partial charge in [0.25, 0.3) is 0 Å². The molecule has 206 valence electrons. The summed E-state index contributed by atoms with van der Waals surface area (Å²) in [4.78, 5) is 54.7. The van der Waals surface area contributed by atoms with Crippen LogP contribution in [0.3, 0.4) is 0 Å². The Labute approximate surface area is 223 Å². The van der Waals surface area contributed by atoms with Crippen molar-refractivity contribution in [2.75, 3.05) is 26.2 Å². The van der Waals surface area contributed by atoms with Gasteiger partial charge in [0.1, 0.15) is 18.6 Å². The van der Waals surface area contributed by atoms with Crippen molar-refractivity contribution in [1.82, 2.24) is 40.6 Å². The number of fused-ring (bicyclic) bond motifs is 1. The van der Waals surface area contributed by atoms with Gasteiger partial charge < -0.3 is 31.3 Å². The number of nitrogens with one attached hydrogen (secondary N) is 2. The Balaban J connectivity index is 1.22. The molecule has 0 saturated carbocycles. The third-order valence-corrected chi connectivity index (χ3v) is 9.54. The van der Waals surface area contributed by atoms with Crippen LogP contribution in [0.2, 0.25) is 0 Å². The van der Waals surface area contributed by atoms with Gasteiger partial charge >= 0.3 is 5.97 Å². The normalized spacial score (nSPS) is 31.4. The zero-order chi connectivity index (χ0) is 27.1. The maximum Gasteiger partial charge on any atom is 0.353 e. The van der Waals surface area contributed by atoms with E-state index in [1.54, 1.807) is 6.92 Å². The number of tetrazole rings is 1. The number of hydrogen-bond acceptors (Lipinski definition) is 10. The summed E-state index contributed by atoms with van der Waals surface area (Å²) in [5, 5.41) is 26.8. The smallest absolute Gasteiger partial charge is 0.353 e. The Kier molecular flexibility index (Phi) is 7.42. The first kappa shape index (κ1) is 26.6. The number of nitrogens with zero attached hydrogens (tertiary/aromatic N) is 6. The minimum atomic E-state index is -1.15. The molecule has 1 unspecified atom stereocenters. The van der Waals surface area contributed by atoms with Crippen molar-refractivity contribution in [3.8, 4) is 0 Å². The number of likely N-dealkylation sites (tertiary alicyclic amines) is 1. The van der Waals surface area contributed by atoms with E-state index < -0.39 is 17.9 Å². The first-order chi connectivity index (χ1) is 18.2. The van der Waals surface area contributed by atoms with Crippen LogP contribution in [-0.4, -0.2) is 108 Å². The summed E-state index contributed by atoms with van der Waals surface area (Å²) >= 11 is 1.45. The number of rotatable bonds is 9. The summed E-state index contributed by atoms with van der Waals surface area (Å²) in [7, 11) is 0. The van der Waals surface area contributed by atoms with Gasteiger partial charge in [0.15, 0.2) is 0 Å². The van der Waals surface area contributed by atoms with Gasteiger partial charge in [0.05, 0.1) is 18.0 Å². The third-order valence-electron chi connectivity index (χ3n) is 8.03. The molecule has 5 heterocycles. The zero-order valence-corrected chi connectivity index (χ0v) is 22.1. The largest absolute Gasteiger partial charge is 0.477 e. The summed E-state index contributed by atoms with van der Waals surface area (Å²) in [6.45, 7) is 6.13. The average molecular weight is 548 g/mol. The number of hydrogen-bond donors (Lipinski definition) is 4. The highest BCUT2D eigenvalue weighted by Gasteiger charge is 2.60. The molecule has 3 amide bonds. The second kappa shape index (κ2) is 10.6. The first-order valence-electron chi connectivity index (χ1n) is 12.9. The SMILES string of the molecule is C[C@@H](NC(=O)Cn1cnnn1)[C@H]1C(=O)N2C(C(=O)O)=C(S[C@@H]3CN[C@H](C(=O)N4CCC(CN)C4)C3)[C@H](C)[C@H]12. The number of nitrogens with two attached hydrogens (primary N) is 1. The molecule has 5 N–H and O–H groups in total. The van der Waals surface area contributed by atoms with Gasteiger partial charge in [-0.2, -0.15) is 0 Å². The molecule has 0 bridgehead atoms. The van der Waals surface area contributed by atoms with Crippen LogP contribution in [0.15, 0.2) is 16.9 Å². The van der Waals surface area contributed by atoms with Gasteiger partial charge in [-0.1, -0.05) is 6.92 Å². The molecule has 7 atom stereocenters. The quantitative estimate of drug-likeness (QED) is 0.256. The number of carboxylic acids is 1. The molecule has 4 aliphatic heterocycles. The number of carbonyl (C=O) groups excluding carboxylic acids is 3. The number of amides is 3. The number of carboxylic acid groups (broad SMARTS) is 1. The van der Waals surface area contributed by atoms with E-state index in [2.05, 4.69) is 26.2 Å². The van der Waals surface area contributed by atoms with E-state index in [0.717, 1.165) is 6.42 Å². The average Bonchev–Trinajstić information content (AvgIpc) is 3.67. The topological polar surface area (TPSA) is 189 Å². The van der Waals surface area contributed by atoms with Gasteiger partial charge in [0.2, 0.25) is 17.7 Å². The standard InChI is InChI=1S/C23H33N9O5S/c1-11-18-17(12(2)27-16(33)9-31-10-26-28-29-31)22(35)32(18)19(23(36)37)20(11)38-14-5-15(25-7-14)21(34)30-4-3-13(6-24)8-30/h10-15,17-18,25H,3-9,24H2,1-2H3,(H,27,33)(H,36,37)/t11-,12-,13?,14+,15+,17-,18-/m1/s1. The molecule has 1 aromatic heterocycles. The number of aromatic nitrogens is 4. The van der Waals surface area contributed by atoms with Crippen molar-refractivity contribution in [2.45, 2.75) is 56.6 Å². The lowest BCUT2D eigenvalue weighted by atomic mass is 9.78. The van der Waals surface area contributed by atoms with Crippen molar-refractivity contribution in [1.29, 1.82) is 0 Å². The van der Waals surface area contributed by atoms with Crippen LogP contribution in [0.5, 0.6) is 0 Å². The fourth-order valence-electron chi connectivity index (χ4n) is 6.09. The predicted octanol–water partition coefficient (Wildman–Crippen LogP) is -1.78. The maximum absolute atomic E-state index is 13.1. The lowest BCUT2D eigenvalue weighted by molar-refractivity contribution is -0.158. The Morgan fingerprint density at radius 2 is 2.16 bits per heavy atom. The molecule has 3 fully saturated rings. The predicted molar refractivity (Wildman–Crippen MR) is 135 cm³/mol. The van der Waals surface area contributed by atoms with Gasteiger partial charge in [-0.05, 0) is 42.7 Å². The second-order valence-corrected chi connectivity index (χ2v) is 11.8. The third kappa shape index (κ3) is 4.78. The van der Waals surface area contributed by atoms with Gasteiger partial charge in [-0.25, -0.2) is 9.48 Å². The van der Waals surface area contributed by atoms with E-state index in [9.17, 15) is 24.3 Å². The fourth-order valence-corrected chi connectivity index (χ4v) is 7.57. The van der Waals surface area contributed by atoms with E-state index in [1.165, 1.54) is 27.7 Å². The molecular formula is C23H33N9O5S. The molecule has 38 heavy (non-hydrogen) atoms. The van der Waals surface area contributed by atoms with Gasteiger partial charge in [-0.3, -0.25) is 14.4 Å². The first-order valence-corrected chi connectivity index (χ1v) is 13.8. The van der Waals surface area contributed by atoms with Gasteiger partial charge in [-0.15, -0.1) is 16.9 Å². The molecule has 14 nitrogen and oxygen atoms in total. The summed E-state index contributed by atoms with van der Waals surface area (Å²) < 4.78 is 1.28. The van der Waals surface area contributed by atoms with Crippen LogP contribution in [0.1, 0.15) is 26.7 Å². The second-order valence-electron chi connectivity index (χ2n) is 10.5. The monoisotopic (exact) mass is 547 g/mol. The van der Waals surface area contributed by atoms with Crippen LogP contribution < -0.4 is 16.4 Å². The fraction of sp³-hybridized carbons (Fsp3) is 0.696. The molecule has 0 spiro atoms. The zero-order valence-electron chi connectivity index (χ0n) is 21.3. The summed E-state index contributed by atoms with van der Waals surface area (Å²) in [5.41, 5.74) is 5.78. The Morgan fingerprint density at radius 3 is 2.82 bits per heavy atom. The molecular weight excluding hydrogens is 514 g/mol. The van der Waals surface area contributed by atoms with E-state index in [-0.39, 0.29) is 53.2 Å². The maximum atomic E-state index is 13.1. The van der Waals surface area contributed by atoms with E-state index >= 15 is 0 Å². The number of aliphatic carboxylic acids is 1. The number of thioether (sulfide) groups is 1. The lowest BCUT2D eigenvalue weighted by Crippen LogP contribution is -2.66. The molecule has 3 saturated heterocycles. The number of β-lactam (4-membered cyclic amide) rings is 1. The van der Waals surface area contributed by atoms with Crippen molar-refractivity contribution < 1.29 is 24.3 Å². The molecule has 1 aromatic rings. The van der Waals surface area contributed by atoms with E-state index in [1.807, 2.05) is 11.8 Å². The van der Waals surface area contributed by atoms with Crippen LogP contribution in [0, 0.1) is 17.8 Å². The van der Waals surface area contributed by atoms with Crippen molar-refractivity contribution in [3.05, 3.63) is 16.9 Å². The highest BCUT2D eigenvalue weighted by molar-refractivity contribution is 8.03. The molecule has 0 radical (unpaired) electrons. The summed E-state index contributed by atoms with van der Waals surface area (Å²) in [6, 6.07) is -1.16. The minimum Gasteiger partial charge on any atom is -0.477 e. The molecule has 0 aliphatic carbocycles. The minimum absolute atomic E-state index is 0.00401. The Morgan fingerprint density at radius 1 is 1.37 bits per heavy atom. The number of carbonyl (C=O) groups is 4.